The van der Waals surface area contributed by atoms with Gasteiger partial charge in [0.15, 0.2) is 11.6 Å². The van der Waals surface area contributed by atoms with Crippen LogP contribution >= 0.6 is 12.4 Å². The van der Waals surface area contributed by atoms with Crippen molar-refractivity contribution in [2.24, 2.45) is 0 Å². The summed E-state index contributed by atoms with van der Waals surface area (Å²) >= 11 is 0. The van der Waals surface area contributed by atoms with Crippen molar-refractivity contribution in [1.29, 1.82) is 0 Å². The van der Waals surface area contributed by atoms with Crippen LogP contribution in [0, 0.1) is 11.6 Å². The zero-order chi connectivity index (χ0) is 20.4. The zero-order valence-corrected chi connectivity index (χ0v) is 17.9. The molecule has 1 N–H and O–H groups in total. The summed E-state index contributed by atoms with van der Waals surface area (Å²) in [6.07, 6.45) is 3.63. The van der Waals surface area contributed by atoms with Crippen molar-refractivity contribution in [3.63, 3.8) is 0 Å². The van der Waals surface area contributed by atoms with Gasteiger partial charge in [0.1, 0.15) is 5.69 Å². The van der Waals surface area contributed by atoms with Crippen LogP contribution in [0.15, 0.2) is 42.5 Å². The average molecular weight is 460 g/mol. The second-order valence-corrected chi connectivity index (χ2v) is 8.80. The summed E-state index contributed by atoms with van der Waals surface area (Å²) in [6, 6.07) is 10.3. The van der Waals surface area contributed by atoms with Crippen molar-refractivity contribution in [2.45, 2.75) is 25.3 Å². The molecule has 30 heavy (non-hydrogen) atoms. The molecule has 0 radical (unpaired) electrons. The number of nitrogens with one attached hydrogen (secondary N) is 1. The number of ether oxygens (including phenoxy) is 1. The number of benzene rings is 2. The molecule has 1 heterocycles. The van der Waals surface area contributed by atoms with E-state index in [1.54, 1.807) is 18.2 Å². The molecule has 6 nitrogen and oxygen atoms in total. The fourth-order valence-corrected chi connectivity index (χ4v) is 5.26. The first-order valence-electron chi connectivity index (χ1n) is 9.67. The molecule has 4 rings (SSSR count). The molecule has 0 saturated heterocycles. The Bertz CT molecular complexity index is 969. The molecule has 1 saturated carbocycles. The van der Waals surface area contributed by atoms with Gasteiger partial charge in [0.05, 0.1) is 31.1 Å². The van der Waals surface area contributed by atoms with Crippen LogP contribution in [-0.4, -0.2) is 40.8 Å². The monoisotopic (exact) mass is 459 g/mol. The van der Waals surface area contributed by atoms with Crippen LogP contribution in [0.1, 0.15) is 19.3 Å². The molecule has 2 aromatic rings. The largest absolute Gasteiger partial charge is 0.378 e. The van der Waals surface area contributed by atoms with E-state index >= 15 is 0 Å². The van der Waals surface area contributed by atoms with E-state index in [4.69, 9.17) is 4.74 Å². The van der Waals surface area contributed by atoms with Gasteiger partial charge in [-0.3, -0.25) is 0 Å². The summed E-state index contributed by atoms with van der Waals surface area (Å²) in [5, 5.41) is 3.37. The minimum absolute atomic E-state index is 0. The number of hydrogen-bond acceptors (Lipinski definition) is 4. The summed E-state index contributed by atoms with van der Waals surface area (Å²) in [7, 11) is -4.20. The predicted octanol–water partition coefficient (Wildman–Crippen LogP) is 3.75. The van der Waals surface area contributed by atoms with Gasteiger partial charge in [-0.05, 0) is 37.1 Å². The van der Waals surface area contributed by atoms with E-state index in [1.807, 2.05) is 0 Å². The van der Waals surface area contributed by atoms with Gasteiger partial charge in [0.2, 0.25) is 0 Å². The van der Waals surface area contributed by atoms with E-state index in [2.05, 4.69) is 5.32 Å². The first-order valence-corrected chi connectivity index (χ1v) is 11.1. The molecule has 1 fully saturated rings. The van der Waals surface area contributed by atoms with Crippen LogP contribution in [0.25, 0.3) is 0 Å². The van der Waals surface area contributed by atoms with Crippen LogP contribution in [0.5, 0.6) is 0 Å². The predicted molar refractivity (Wildman–Crippen MR) is 115 cm³/mol. The van der Waals surface area contributed by atoms with Gasteiger partial charge < -0.3 is 10.1 Å². The molecular weight excluding hydrogens is 436 g/mol. The quantitative estimate of drug-likeness (QED) is 0.611. The Morgan fingerprint density at radius 3 is 2.30 bits per heavy atom. The topological polar surface area (TPSA) is 61.9 Å². The summed E-state index contributed by atoms with van der Waals surface area (Å²) in [4.78, 5) is 0. The summed E-state index contributed by atoms with van der Waals surface area (Å²) in [5.74, 6) is -1.88. The lowest BCUT2D eigenvalue weighted by atomic mass is 9.93. The Labute approximate surface area is 181 Å². The van der Waals surface area contributed by atoms with E-state index in [0.29, 0.717) is 24.9 Å². The molecule has 10 heteroatoms. The normalized spacial score (nSPS) is 17.4. The Balaban J connectivity index is 0.00000256. The molecule has 164 valence electrons. The van der Waals surface area contributed by atoms with Gasteiger partial charge in [-0.25, -0.2) is 17.4 Å². The molecule has 0 amide bonds. The second kappa shape index (κ2) is 9.47. The number of halogens is 3. The first kappa shape index (κ1) is 22.7. The lowest BCUT2D eigenvalue weighted by molar-refractivity contribution is 0.137. The molecule has 2 aliphatic rings. The Hall–Kier alpha value is -1.94. The number of anilines is 3. The SMILES string of the molecule is Cl.O=S1(=O)N(CCOCCNC2CCC2)c2ccccc2N1c1c(F)cccc1F. The third kappa shape index (κ3) is 4.25. The van der Waals surface area contributed by atoms with Crippen LogP contribution in [0.2, 0.25) is 0 Å². The van der Waals surface area contributed by atoms with Crippen molar-refractivity contribution in [1.82, 2.24) is 5.32 Å². The second-order valence-electron chi connectivity index (χ2n) is 7.10. The minimum atomic E-state index is -4.20. The fraction of sp³-hybridized carbons (Fsp3) is 0.400. The Kier molecular flexibility index (Phi) is 7.18. The number of fused-ring (bicyclic) bond motifs is 1. The van der Waals surface area contributed by atoms with Crippen molar-refractivity contribution < 1.29 is 21.9 Å². The summed E-state index contributed by atoms with van der Waals surface area (Å²) in [5.41, 5.74) is -0.0254. The molecule has 0 atom stereocenters. The first-order chi connectivity index (χ1) is 14.0. The highest BCUT2D eigenvalue weighted by Crippen LogP contribution is 2.46. The van der Waals surface area contributed by atoms with Gasteiger partial charge in [-0.1, -0.05) is 24.6 Å². The molecule has 0 unspecified atom stereocenters. The van der Waals surface area contributed by atoms with Gasteiger partial charge in [0, 0.05) is 12.6 Å². The Morgan fingerprint density at radius 2 is 1.67 bits per heavy atom. The van der Waals surface area contributed by atoms with Crippen LogP contribution in [0.3, 0.4) is 0 Å². The summed E-state index contributed by atoms with van der Waals surface area (Å²) in [6.45, 7) is 1.40. The van der Waals surface area contributed by atoms with Crippen molar-refractivity contribution in [2.75, 3.05) is 34.9 Å². The van der Waals surface area contributed by atoms with E-state index in [-0.39, 0.29) is 31.2 Å². The molecule has 0 aromatic heterocycles. The Morgan fingerprint density at radius 1 is 1.00 bits per heavy atom. The van der Waals surface area contributed by atoms with E-state index in [1.165, 1.54) is 31.4 Å². The highest BCUT2D eigenvalue weighted by Gasteiger charge is 2.43. The van der Waals surface area contributed by atoms with Crippen molar-refractivity contribution >= 4 is 39.7 Å². The maximum absolute atomic E-state index is 14.4. The lowest BCUT2D eigenvalue weighted by Crippen LogP contribution is -2.39. The molecule has 0 bridgehead atoms. The molecule has 1 aliphatic carbocycles. The van der Waals surface area contributed by atoms with E-state index in [0.717, 1.165) is 20.7 Å². The van der Waals surface area contributed by atoms with E-state index < -0.39 is 27.5 Å². The number of hydrogen-bond donors (Lipinski definition) is 1. The molecule has 2 aromatic carbocycles. The van der Waals surface area contributed by atoms with Crippen LogP contribution in [-0.2, 0) is 14.9 Å². The number of para-hydroxylation sites is 3. The standard InChI is InChI=1S/C20H23F2N3O3S.ClH/c21-16-7-4-8-17(22)20(16)25-19-10-2-1-9-18(19)24(29(25,26)27)12-14-28-13-11-23-15-5-3-6-15;/h1-2,4,7-10,15,23H,3,5-6,11-14H2;1H. The van der Waals surface area contributed by atoms with Crippen LogP contribution in [0.4, 0.5) is 25.8 Å². The minimum Gasteiger partial charge on any atom is -0.378 e. The highest BCUT2D eigenvalue weighted by atomic mass is 35.5. The average Bonchev–Trinajstić information content (AvgIpc) is 2.87. The molecule has 0 spiro atoms. The molecule has 1 aliphatic heterocycles. The number of nitrogens with zero attached hydrogens (tertiary/aromatic N) is 2. The molecular formula is C20H24ClF2N3O3S. The number of rotatable bonds is 8. The maximum Gasteiger partial charge on any atom is 0.331 e. The van der Waals surface area contributed by atoms with Crippen LogP contribution < -0.4 is 13.9 Å². The third-order valence-electron chi connectivity index (χ3n) is 5.24. The maximum atomic E-state index is 14.4. The van der Waals surface area contributed by atoms with Gasteiger partial charge in [-0.15, -0.1) is 12.4 Å². The highest BCUT2D eigenvalue weighted by molar-refractivity contribution is 7.95. The third-order valence-corrected chi connectivity index (χ3v) is 7.02. The van der Waals surface area contributed by atoms with Gasteiger partial charge in [-0.2, -0.15) is 8.42 Å². The zero-order valence-electron chi connectivity index (χ0n) is 16.3. The van der Waals surface area contributed by atoms with Crippen molar-refractivity contribution in [3.8, 4) is 0 Å². The van der Waals surface area contributed by atoms with Gasteiger partial charge in [0.25, 0.3) is 0 Å². The lowest BCUT2D eigenvalue weighted by Gasteiger charge is -2.26. The smallest absolute Gasteiger partial charge is 0.331 e. The summed E-state index contributed by atoms with van der Waals surface area (Å²) < 4.78 is 62.5. The fourth-order valence-electron chi connectivity index (χ4n) is 3.55. The van der Waals surface area contributed by atoms with Crippen molar-refractivity contribution in [3.05, 3.63) is 54.1 Å². The van der Waals surface area contributed by atoms with E-state index in [9.17, 15) is 17.2 Å². The van der Waals surface area contributed by atoms with Gasteiger partial charge >= 0.3 is 10.2 Å².